The van der Waals surface area contributed by atoms with Crippen LogP contribution in [-0.4, -0.2) is 51.1 Å². The van der Waals surface area contributed by atoms with Crippen LogP contribution in [0.5, 0.6) is 0 Å². The van der Waals surface area contributed by atoms with Crippen molar-refractivity contribution in [2.45, 2.75) is 5.92 Å². The number of benzene rings is 1. The van der Waals surface area contributed by atoms with Crippen LogP contribution in [0, 0.1) is 0 Å². The van der Waals surface area contributed by atoms with Crippen LogP contribution >= 0.6 is 0 Å². The molecule has 0 fully saturated rings. The lowest BCUT2D eigenvalue weighted by Crippen LogP contribution is -2.28. The maximum absolute atomic E-state index is 11.3. The van der Waals surface area contributed by atoms with Gasteiger partial charge in [0.1, 0.15) is 5.92 Å². The fourth-order valence-electron chi connectivity index (χ4n) is 2.33. The first-order chi connectivity index (χ1) is 9.24. The van der Waals surface area contributed by atoms with Crippen molar-refractivity contribution >= 4 is 11.7 Å². The summed E-state index contributed by atoms with van der Waals surface area (Å²) in [4.78, 5) is 13.3. The van der Waals surface area contributed by atoms with Crippen molar-refractivity contribution in [3.63, 3.8) is 0 Å². The van der Waals surface area contributed by atoms with Crippen LogP contribution in [0.25, 0.3) is 0 Å². The largest absolute Gasteiger partial charge is 0.481 e. The predicted molar refractivity (Wildman–Crippen MR) is 71.7 cm³/mol. The van der Waals surface area contributed by atoms with E-state index >= 15 is 0 Å². The van der Waals surface area contributed by atoms with E-state index in [0.29, 0.717) is 32.9 Å². The summed E-state index contributed by atoms with van der Waals surface area (Å²) >= 11 is 0. The van der Waals surface area contributed by atoms with E-state index in [0.717, 1.165) is 11.3 Å². The van der Waals surface area contributed by atoms with E-state index in [1.165, 1.54) is 0 Å². The molecule has 1 unspecified atom stereocenters. The minimum atomic E-state index is -0.768. The third-order valence-corrected chi connectivity index (χ3v) is 3.29. The number of aliphatic carboxylic acids is 1. The van der Waals surface area contributed by atoms with Gasteiger partial charge in [0.2, 0.25) is 0 Å². The zero-order valence-corrected chi connectivity index (χ0v) is 11.0. The van der Waals surface area contributed by atoms with Gasteiger partial charge in [0, 0.05) is 25.9 Å². The molecule has 19 heavy (non-hydrogen) atoms. The topological polar surface area (TPSA) is 59.0 Å². The highest BCUT2D eigenvalue weighted by Crippen LogP contribution is 2.35. The minimum Gasteiger partial charge on any atom is -0.481 e. The number of hydrogen-bond acceptors (Lipinski definition) is 4. The minimum absolute atomic E-state index is 0.435. The summed E-state index contributed by atoms with van der Waals surface area (Å²) in [7, 11) is 1.64. The number of anilines is 1. The molecule has 0 amide bonds. The molecule has 0 radical (unpaired) electrons. The highest BCUT2D eigenvalue weighted by atomic mass is 16.5. The molecule has 1 N–H and O–H groups in total. The van der Waals surface area contributed by atoms with Crippen molar-refractivity contribution < 1.29 is 19.4 Å². The third kappa shape index (κ3) is 3.24. The molecule has 0 bridgehead atoms. The first-order valence-corrected chi connectivity index (χ1v) is 6.37. The summed E-state index contributed by atoms with van der Waals surface area (Å²) in [6.45, 7) is 2.93. The quantitative estimate of drug-likeness (QED) is 0.754. The van der Waals surface area contributed by atoms with Gasteiger partial charge in [0.25, 0.3) is 0 Å². The highest BCUT2D eigenvalue weighted by Gasteiger charge is 2.32. The molecular formula is C14H19NO4. The summed E-state index contributed by atoms with van der Waals surface area (Å²) in [5.41, 5.74) is 1.90. The Balaban J connectivity index is 1.94. The average molecular weight is 265 g/mol. The molecule has 1 aromatic rings. The van der Waals surface area contributed by atoms with E-state index in [1.807, 2.05) is 24.3 Å². The maximum atomic E-state index is 11.3. The number of hydrogen-bond donors (Lipinski definition) is 1. The summed E-state index contributed by atoms with van der Waals surface area (Å²) in [6, 6.07) is 7.67. The van der Waals surface area contributed by atoms with Crippen molar-refractivity contribution in [1.82, 2.24) is 0 Å². The Morgan fingerprint density at radius 2 is 2.16 bits per heavy atom. The van der Waals surface area contributed by atoms with Gasteiger partial charge in [-0.25, -0.2) is 0 Å². The fourth-order valence-corrected chi connectivity index (χ4v) is 2.33. The molecule has 104 valence electrons. The Kier molecular flexibility index (Phi) is 4.76. The molecule has 2 rings (SSSR count). The van der Waals surface area contributed by atoms with Crippen molar-refractivity contribution in [3.05, 3.63) is 29.8 Å². The fraction of sp³-hybridized carbons (Fsp3) is 0.500. The Labute approximate surface area is 112 Å². The van der Waals surface area contributed by atoms with Crippen molar-refractivity contribution in [2.24, 2.45) is 0 Å². The molecule has 1 aliphatic heterocycles. The van der Waals surface area contributed by atoms with Crippen LogP contribution in [0.15, 0.2) is 24.3 Å². The second-order valence-electron chi connectivity index (χ2n) is 4.50. The Bertz CT molecular complexity index is 435. The van der Waals surface area contributed by atoms with Gasteiger partial charge in [-0.05, 0) is 11.6 Å². The standard InChI is InChI=1S/C14H19NO4/c1-18-8-9-19-7-6-15-10-12(14(16)17)11-4-2-3-5-13(11)15/h2-5,12H,6-10H2,1H3,(H,16,17). The van der Waals surface area contributed by atoms with Gasteiger partial charge >= 0.3 is 5.97 Å². The second kappa shape index (κ2) is 6.54. The summed E-state index contributed by atoms with van der Waals surface area (Å²) in [5.74, 6) is -1.20. The van der Waals surface area contributed by atoms with Crippen molar-refractivity contribution in [1.29, 1.82) is 0 Å². The SMILES string of the molecule is COCCOCCN1CC(C(=O)O)c2ccccc21. The monoisotopic (exact) mass is 265 g/mol. The van der Waals surface area contributed by atoms with E-state index in [1.54, 1.807) is 7.11 Å². The van der Waals surface area contributed by atoms with Gasteiger partial charge in [-0.2, -0.15) is 0 Å². The number of carbonyl (C=O) groups is 1. The number of rotatable bonds is 7. The molecule has 1 aromatic carbocycles. The summed E-state index contributed by atoms with van der Waals surface area (Å²) in [5, 5.41) is 9.24. The van der Waals surface area contributed by atoms with E-state index in [2.05, 4.69) is 4.90 Å². The third-order valence-electron chi connectivity index (χ3n) is 3.29. The van der Waals surface area contributed by atoms with Crippen molar-refractivity contribution in [2.75, 3.05) is 44.9 Å². The van der Waals surface area contributed by atoms with Gasteiger partial charge in [-0.1, -0.05) is 18.2 Å². The van der Waals surface area contributed by atoms with E-state index in [4.69, 9.17) is 9.47 Å². The van der Waals surface area contributed by atoms with Crippen LogP contribution in [0.1, 0.15) is 11.5 Å². The predicted octanol–water partition coefficient (Wildman–Crippen LogP) is 1.34. The molecule has 1 heterocycles. The number of carboxylic acid groups (broad SMARTS) is 1. The molecule has 0 saturated carbocycles. The molecule has 0 aromatic heterocycles. The molecule has 1 atom stereocenters. The smallest absolute Gasteiger partial charge is 0.312 e. The number of methoxy groups -OCH3 is 1. The molecule has 5 nitrogen and oxygen atoms in total. The number of fused-ring (bicyclic) bond motifs is 1. The van der Waals surface area contributed by atoms with Crippen molar-refractivity contribution in [3.8, 4) is 0 Å². The number of nitrogens with zero attached hydrogens (tertiary/aromatic N) is 1. The zero-order chi connectivity index (χ0) is 13.7. The van der Waals surface area contributed by atoms with E-state index in [9.17, 15) is 9.90 Å². The van der Waals surface area contributed by atoms with E-state index in [-0.39, 0.29) is 0 Å². The Morgan fingerprint density at radius 1 is 1.37 bits per heavy atom. The number of carboxylic acids is 1. The Morgan fingerprint density at radius 3 is 2.89 bits per heavy atom. The first kappa shape index (κ1) is 13.8. The van der Waals surface area contributed by atoms with Gasteiger partial charge < -0.3 is 19.5 Å². The molecule has 0 aliphatic carbocycles. The lowest BCUT2D eigenvalue weighted by atomic mass is 10.0. The maximum Gasteiger partial charge on any atom is 0.312 e. The highest BCUT2D eigenvalue weighted by molar-refractivity contribution is 5.82. The normalized spacial score (nSPS) is 17.5. The van der Waals surface area contributed by atoms with Gasteiger partial charge in [0.05, 0.1) is 19.8 Å². The lowest BCUT2D eigenvalue weighted by molar-refractivity contribution is -0.138. The summed E-state index contributed by atoms with van der Waals surface area (Å²) < 4.78 is 10.3. The Hall–Kier alpha value is -1.59. The van der Waals surface area contributed by atoms with Crippen LogP contribution in [-0.2, 0) is 14.3 Å². The number of ether oxygens (including phenoxy) is 2. The van der Waals surface area contributed by atoms with Gasteiger partial charge in [-0.15, -0.1) is 0 Å². The summed E-state index contributed by atoms with van der Waals surface area (Å²) in [6.07, 6.45) is 0. The van der Waals surface area contributed by atoms with Crippen LogP contribution < -0.4 is 4.90 Å². The lowest BCUT2D eigenvalue weighted by Gasteiger charge is -2.19. The number of para-hydroxylation sites is 1. The molecule has 1 aliphatic rings. The molecule has 0 saturated heterocycles. The molecular weight excluding hydrogens is 246 g/mol. The van der Waals surface area contributed by atoms with Crippen LogP contribution in [0.4, 0.5) is 5.69 Å². The second-order valence-corrected chi connectivity index (χ2v) is 4.50. The zero-order valence-electron chi connectivity index (χ0n) is 11.0. The van der Waals surface area contributed by atoms with E-state index < -0.39 is 11.9 Å². The molecule has 5 heteroatoms. The van der Waals surface area contributed by atoms with Gasteiger partial charge in [0.15, 0.2) is 0 Å². The molecule has 0 spiro atoms. The van der Waals surface area contributed by atoms with Gasteiger partial charge in [-0.3, -0.25) is 4.79 Å². The average Bonchev–Trinajstić information content (AvgIpc) is 2.78. The van der Waals surface area contributed by atoms with Crippen LogP contribution in [0.3, 0.4) is 0 Å². The van der Waals surface area contributed by atoms with Crippen LogP contribution in [0.2, 0.25) is 0 Å². The first-order valence-electron chi connectivity index (χ1n) is 6.37.